The standard InChI is InChI=1S/C11H13F2N3/c1-8-10(5-14)7-16(15-8)6-9-2-3-11(12,13)4-9/h7,9H,2-4,6H2,1H3. The molecule has 1 saturated carbocycles. The number of aromatic nitrogens is 2. The zero-order chi connectivity index (χ0) is 11.8. The van der Waals surface area contributed by atoms with Crippen LogP contribution in [0.3, 0.4) is 0 Å². The summed E-state index contributed by atoms with van der Waals surface area (Å²) in [7, 11) is 0. The van der Waals surface area contributed by atoms with Crippen molar-refractivity contribution in [2.45, 2.75) is 38.7 Å². The highest BCUT2D eigenvalue weighted by atomic mass is 19.3. The third kappa shape index (κ3) is 2.21. The zero-order valence-electron chi connectivity index (χ0n) is 9.08. The van der Waals surface area contributed by atoms with Gasteiger partial charge in [0.05, 0.1) is 11.3 Å². The quantitative estimate of drug-likeness (QED) is 0.776. The molecule has 5 heteroatoms. The molecule has 0 bridgehead atoms. The second-order valence-corrected chi connectivity index (χ2v) is 4.43. The van der Waals surface area contributed by atoms with Gasteiger partial charge in [0.15, 0.2) is 0 Å². The fraction of sp³-hybridized carbons (Fsp3) is 0.636. The smallest absolute Gasteiger partial charge is 0.248 e. The van der Waals surface area contributed by atoms with Crippen LogP contribution in [0.25, 0.3) is 0 Å². The van der Waals surface area contributed by atoms with Crippen LogP contribution in [0.5, 0.6) is 0 Å². The second-order valence-electron chi connectivity index (χ2n) is 4.43. The normalized spacial score (nSPS) is 23.2. The SMILES string of the molecule is Cc1nn(CC2CCC(F)(F)C2)cc1C#N. The van der Waals surface area contributed by atoms with Gasteiger partial charge in [-0.1, -0.05) is 0 Å². The molecule has 1 aliphatic rings. The van der Waals surface area contributed by atoms with E-state index in [-0.39, 0.29) is 18.8 Å². The Morgan fingerprint density at radius 3 is 2.94 bits per heavy atom. The van der Waals surface area contributed by atoms with E-state index in [0.717, 1.165) is 0 Å². The third-order valence-electron chi connectivity index (χ3n) is 3.02. The van der Waals surface area contributed by atoms with Gasteiger partial charge in [-0.3, -0.25) is 4.68 Å². The van der Waals surface area contributed by atoms with E-state index in [4.69, 9.17) is 5.26 Å². The average molecular weight is 225 g/mol. The molecule has 0 aliphatic heterocycles. The van der Waals surface area contributed by atoms with Crippen molar-refractivity contribution >= 4 is 0 Å². The van der Waals surface area contributed by atoms with Crippen molar-refractivity contribution in [2.24, 2.45) is 5.92 Å². The molecule has 0 saturated heterocycles. The maximum Gasteiger partial charge on any atom is 0.248 e. The molecule has 3 nitrogen and oxygen atoms in total. The van der Waals surface area contributed by atoms with Gasteiger partial charge in [0.1, 0.15) is 6.07 Å². The summed E-state index contributed by atoms with van der Waals surface area (Å²) in [6.45, 7) is 2.23. The number of nitriles is 1. The van der Waals surface area contributed by atoms with Gasteiger partial charge in [0.25, 0.3) is 0 Å². The molecule has 0 amide bonds. The van der Waals surface area contributed by atoms with Gasteiger partial charge in [-0.15, -0.1) is 0 Å². The van der Waals surface area contributed by atoms with E-state index in [2.05, 4.69) is 5.10 Å². The fourth-order valence-corrected chi connectivity index (χ4v) is 2.18. The summed E-state index contributed by atoms with van der Waals surface area (Å²) in [4.78, 5) is 0. The lowest BCUT2D eigenvalue weighted by atomic mass is 10.1. The minimum Gasteiger partial charge on any atom is -0.271 e. The van der Waals surface area contributed by atoms with Crippen LogP contribution in [-0.4, -0.2) is 15.7 Å². The molecular formula is C11H13F2N3. The molecule has 0 aromatic carbocycles. The van der Waals surface area contributed by atoms with Gasteiger partial charge in [-0.2, -0.15) is 10.4 Å². The summed E-state index contributed by atoms with van der Waals surface area (Å²) in [5.41, 5.74) is 1.18. The summed E-state index contributed by atoms with van der Waals surface area (Å²) in [6.07, 6.45) is 2.08. The van der Waals surface area contributed by atoms with Gasteiger partial charge in [-0.05, 0) is 19.3 Å². The van der Waals surface area contributed by atoms with Crippen LogP contribution in [0.1, 0.15) is 30.5 Å². The maximum absolute atomic E-state index is 13.0. The molecule has 1 aliphatic carbocycles. The van der Waals surface area contributed by atoms with Crippen LogP contribution >= 0.6 is 0 Å². The summed E-state index contributed by atoms with van der Waals surface area (Å²) >= 11 is 0. The number of alkyl halides is 2. The van der Waals surface area contributed by atoms with E-state index in [1.807, 2.05) is 6.07 Å². The fourth-order valence-electron chi connectivity index (χ4n) is 2.18. The maximum atomic E-state index is 13.0. The zero-order valence-corrected chi connectivity index (χ0v) is 9.08. The van der Waals surface area contributed by atoms with Crippen LogP contribution in [0.15, 0.2) is 6.20 Å². The topological polar surface area (TPSA) is 41.6 Å². The molecule has 1 atom stereocenters. The van der Waals surface area contributed by atoms with Crippen LogP contribution in [0.4, 0.5) is 8.78 Å². The molecule has 86 valence electrons. The van der Waals surface area contributed by atoms with E-state index in [1.54, 1.807) is 17.8 Å². The van der Waals surface area contributed by atoms with Gasteiger partial charge >= 0.3 is 0 Å². The van der Waals surface area contributed by atoms with Gasteiger partial charge in [0.2, 0.25) is 5.92 Å². The van der Waals surface area contributed by atoms with Crippen LogP contribution in [0.2, 0.25) is 0 Å². The van der Waals surface area contributed by atoms with Crippen LogP contribution < -0.4 is 0 Å². The monoisotopic (exact) mass is 225 g/mol. The lowest BCUT2D eigenvalue weighted by molar-refractivity contribution is 0.00423. The second kappa shape index (κ2) is 3.85. The Kier molecular flexibility index (Phi) is 2.66. The molecule has 1 heterocycles. The largest absolute Gasteiger partial charge is 0.271 e. The summed E-state index contributed by atoms with van der Waals surface area (Å²) in [5, 5.41) is 12.9. The first kappa shape index (κ1) is 11.1. The lowest BCUT2D eigenvalue weighted by Gasteiger charge is -2.10. The predicted octanol–water partition coefficient (Wildman–Crippen LogP) is 2.50. The van der Waals surface area contributed by atoms with Gasteiger partial charge in [-0.25, -0.2) is 8.78 Å². The number of hydrogen-bond acceptors (Lipinski definition) is 2. The van der Waals surface area contributed by atoms with Crippen molar-refractivity contribution in [1.29, 1.82) is 5.26 Å². The minimum atomic E-state index is -2.51. The van der Waals surface area contributed by atoms with E-state index < -0.39 is 5.92 Å². The molecule has 1 fully saturated rings. The highest BCUT2D eigenvalue weighted by Crippen LogP contribution is 2.39. The number of halogens is 2. The van der Waals surface area contributed by atoms with Crippen LogP contribution in [-0.2, 0) is 6.54 Å². The Morgan fingerprint density at radius 2 is 2.44 bits per heavy atom. The first-order valence-electron chi connectivity index (χ1n) is 5.32. The molecule has 0 N–H and O–H groups in total. The molecule has 1 aromatic heterocycles. The summed E-state index contributed by atoms with van der Waals surface area (Å²) in [5.74, 6) is -2.54. The molecule has 1 aromatic rings. The Balaban J connectivity index is 2.03. The van der Waals surface area contributed by atoms with Crippen molar-refractivity contribution in [1.82, 2.24) is 9.78 Å². The van der Waals surface area contributed by atoms with Crippen molar-refractivity contribution in [3.63, 3.8) is 0 Å². The molecule has 16 heavy (non-hydrogen) atoms. The Labute approximate surface area is 92.7 Å². The van der Waals surface area contributed by atoms with Crippen molar-refractivity contribution in [3.05, 3.63) is 17.5 Å². The molecule has 0 radical (unpaired) electrons. The Hall–Kier alpha value is -1.44. The highest BCUT2D eigenvalue weighted by molar-refractivity contribution is 5.29. The van der Waals surface area contributed by atoms with Gasteiger partial charge < -0.3 is 0 Å². The predicted molar refractivity (Wildman–Crippen MR) is 54.0 cm³/mol. The van der Waals surface area contributed by atoms with Crippen molar-refractivity contribution in [2.75, 3.05) is 0 Å². The summed E-state index contributed by atoms with van der Waals surface area (Å²) in [6, 6.07) is 2.03. The average Bonchev–Trinajstić information content (AvgIpc) is 2.70. The van der Waals surface area contributed by atoms with E-state index >= 15 is 0 Å². The molecule has 2 rings (SSSR count). The van der Waals surface area contributed by atoms with Crippen molar-refractivity contribution in [3.8, 4) is 6.07 Å². The minimum absolute atomic E-state index is 0.0248. The number of rotatable bonds is 2. The highest BCUT2D eigenvalue weighted by Gasteiger charge is 2.39. The molecule has 1 unspecified atom stereocenters. The first-order valence-corrected chi connectivity index (χ1v) is 5.32. The summed E-state index contributed by atoms with van der Waals surface area (Å²) < 4.78 is 27.5. The van der Waals surface area contributed by atoms with Gasteiger partial charge in [0, 0.05) is 25.6 Å². The molecular weight excluding hydrogens is 212 g/mol. The molecule has 0 spiro atoms. The van der Waals surface area contributed by atoms with Crippen molar-refractivity contribution < 1.29 is 8.78 Å². The number of nitrogens with zero attached hydrogens (tertiary/aromatic N) is 3. The van der Waals surface area contributed by atoms with E-state index in [1.165, 1.54) is 0 Å². The Morgan fingerprint density at radius 1 is 1.69 bits per heavy atom. The van der Waals surface area contributed by atoms with E-state index in [9.17, 15) is 8.78 Å². The third-order valence-corrected chi connectivity index (χ3v) is 3.02. The van der Waals surface area contributed by atoms with E-state index in [0.29, 0.717) is 24.2 Å². The number of aryl methyl sites for hydroxylation is 1. The van der Waals surface area contributed by atoms with Crippen LogP contribution in [0, 0.1) is 24.2 Å². The Bertz CT molecular complexity index is 431. The first-order chi connectivity index (χ1) is 7.50. The lowest BCUT2D eigenvalue weighted by Crippen LogP contribution is -2.13. The number of hydrogen-bond donors (Lipinski definition) is 0.